The van der Waals surface area contributed by atoms with Gasteiger partial charge in [-0.05, 0) is 61.3 Å². The third-order valence-electron chi connectivity index (χ3n) is 3.88. The lowest BCUT2D eigenvalue weighted by Crippen LogP contribution is -2.34. The quantitative estimate of drug-likeness (QED) is 0.849. The maximum absolute atomic E-state index is 13.7. The van der Waals surface area contributed by atoms with Crippen LogP contribution < -0.4 is 5.32 Å². The van der Waals surface area contributed by atoms with Crippen LogP contribution in [-0.2, 0) is 6.42 Å². The molecule has 0 bridgehead atoms. The molecular formula is C16H24FNS. The standard InChI is InChI=1S/C16H24FNS/c1-2-18-15(11-13-7-9-19-10-8-13)12-14-5-3-4-6-16(14)17/h3-6,13,15,18H,2,7-12H2,1H3. The van der Waals surface area contributed by atoms with Gasteiger partial charge in [-0.25, -0.2) is 4.39 Å². The van der Waals surface area contributed by atoms with E-state index in [4.69, 9.17) is 0 Å². The van der Waals surface area contributed by atoms with Gasteiger partial charge in [-0.3, -0.25) is 0 Å². The van der Waals surface area contributed by atoms with Crippen LogP contribution in [0.25, 0.3) is 0 Å². The van der Waals surface area contributed by atoms with Crippen LogP contribution in [0, 0.1) is 11.7 Å². The first-order valence-corrected chi connectivity index (χ1v) is 8.49. The van der Waals surface area contributed by atoms with E-state index < -0.39 is 0 Å². The summed E-state index contributed by atoms with van der Waals surface area (Å²) in [5.41, 5.74) is 0.846. The second kappa shape index (κ2) is 7.91. The van der Waals surface area contributed by atoms with E-state index >= 15 is 0 Å². The highest BCUT2D eigenvalue weighted by Gasteiger charge is 2.19. The maximum atomic E-state index is 13.7. The van der Waals surface area contributed by atoms with Gasteiger partial charge in [0.1, 0.15) is 5.82 Å². The molecule has 1 atom stereocenters. The van der Waals surface area contributed by atoms with Gasteiger partial charge in [-0.2, -0.15) is 11.8 Å². The van der Waals surface area contributed by atoms with Crippen molar-refractivity contribution in [1.29, 1.82) is 0 Å². The molecule has 1 aliphatic rings. The van der Waals surface area contributed by atoms with E-state index in [9.17, 15) is 4.39 Å². The van der Waals surface area contributed by atoms with Gasteiger partial charge in [0.2, 0.25) is 0 Å². The normalized spacial score (nSPS) is 18.4. The minimum Gasteiger partial charge on any atom is -0.314 e. The Kier molecular flexibility index (Phi) is 6.18. The smallest absolute Gasteiger partial charge is 0.126 e. The van der Waals surface area contributed by atoms with E-state index in [0.29, 0.717) is 6.04 Å². The fraction of sp³-hybridized carbons (Fsp3) is 0.625. The number of hydrogen-bond donors (Lipinski definition) is 1. The molecule has 2 rings (SSSR count). The molecule has 106 valence electrons. The van der Waals surface area contributed by atoms with Gasteiger partial charge in [0.15, 0.2) is 0 Å². The first-order valence-electron chi connectivity index (χ1n) is 7.34. The van der Waals surface area contributed by atoms with Crippen LogP contribution in [0.5, 0.6) is 0 Å². The summed E-state index contributed by atoms with van der Waals surface area (Å²) in [7, 11) is 0. The highest BCUT2D eigenvalue weighted by Crippen LogP contribution is 2.27. The molecule has 1 aliphatic heterocycles. The minimum atomic E-state index is -0.0652. The van der Waals surface area contributed by atoms with Gasteiger partial charge >= 0.3 is 0 Å². The third-order valence-corrected chi connectivity index (χ3v) is 4.92. The fourth-order valence-electron chi connectivity index (χ4n) is 2.84. The number of likely N-dealkylation sites (N-methyl/N-ethyl adjacent to an activating group) is 1. The van der Waals surface area contributed by atoms with Crippen molar-refractivity contribution >= 4 is 11.8 Å². The Morgan fingerprint density at radius 2 is 2.05 bits per heavy atom. The van der Waals surface area contributed by atoms with Crippen molar-refractivity contribution < 1.29 is 4.39 Å². The lowest BCUT2D eigenvalue weighted by Gasteiger charge is -2.27. The Bertz CT molecular complexity index is 377. The van der Waals surface area contributed by atoms with Crippen LogP contribution >= 0.6 is 11.8 Å². The summed E-state index contributed by atoms with van der Waals surface area (Å²) >= 11 is 2.07. The molecule has 0 aliphatic carbocycles. The number of benzene rings is 1. The molecule has 3 heteroatoms. The van der Waals surface area contributed by atoms with E-state index in [1.165, 1.54) is 30.8 Å². The van der Waals surface area contributed by atoms with Crippen LogP contribution in [0.1, 0.15) is 31.7 Å². The first kappa shape index (κ1) is 14.9. The van der Waals surface area contributed by atoms with Gasteiger partial charge < -0.3 is 5.32 Å². The van der Waals surface area contributed by atoms with E-state index in [1.807, 2.05) is 12.1 Å². The maximum Gasteiger partial charge on any atom is 0.126 e. The summed E-state index contributed by atoms with van der Waals surface area (Å²) in [5.74, 6) is 3.34. The first-order chi connectivity index (χ1) is 9.29. The number of hydrogen-bond acceptors (Lipinski definition) is 2. The van der Waals surface area contributed by atoms with E-state index in [2.05, 4.69) is 24.0 Å². The molecule has 0 radical (unpaired) electrons. The topological polar surface area (TPSA) is 12.0 Å². The minimum absolute atomic E-state index is 0.0652. The Balaban J connectivity index is 1.93. The monoisotopic (exact) mass is 281 g/mol. The molecule has 1 saturated heterocycles. The molecule has 0 aromatic heterocycles. The van der Waals surface area contributed by atoms with Crippen molar-refractivity contribution in [2.75, 3.05) is 18.1 Å². The van der Waals surface area contributed by atoms with Crippen LogP contribution in [0.3, 0.4) is 0 Å². The Morgan fingerprint density at radius 1 is 1.32 bits per heavy atom. The lowest BCUT2D eigenvalue weighted by atomic mass is 9.91. The molecule has 0 saturated carbocycles. The summed E-state index contributed by atoms with van der Waals surface area (Å²) in [4.78, 5) is 0. The van der Waals surface area contributed by atoms with Crippen LogP contribution in [0.15, 0.2) is 24.3 Å². The van der Waals surface area contributed by atoms with Gasteiger partial charge in [0.25, 0.3) is 0 Å². The highest BCUT2D eigenvalue weighted by molar-refractivity contribution is 7.99. The average Bonchev–Trinajstić information content (AvgIpc) is 2.43. The van der Waals surface area contributed by atoms with Crippen molar-refractivity contribution in [2.45, 2.75) is 38.6 Å². The molecule has 0 spiro atoms. The van der Waals surface area contributed by atoms with Gasteiger partial charge in [0.05, 0.1) is 0 Å². The molecule has 1 aromatic rings. The molecule has 1 aromatic carbocycles. The third kappa shape index (κ3) is 4.81. The fourth-order valence-corrected chi connectivity index (χ4v) is 4.05. The predicted octanol–water partition coefficient (Wildman–Crippen LogP) is 3.88. The Hall–Kier alpha value is -0.540. The number of nitrogens with one attached hydrogen (secondary N) is 1. The van der Waals surface area contributed by atoms with Gasteiger partial charge in [0, 0.05) is 6.04 Å². The molecule has 19 heavy (non-hydrogen) atoms. The molecule has 1 heterocycles. The van der Waals surface area contributed by atoms with Crippen molar-refractivity contribution in [3.8, 4) is 0 Å². The van der Waals surface area contributed by atoms with Crippen LogP contribution in [0.4, 0.5) is 4.39 Å². The zero-order valence-corrected chi connectivity index (χ0v) is 12.5. The summed E-state index contributed by atoms with van der Waals surface area (Å²) in [6.07, 6.45) is 4.64. The van der Waals surface area contributed by atoms with Gasteiger partial charge in [-0.1, -0.05) is 25.1 Å². The lowest BCUT2D eigenvalue weighted by molar-refractivity contribution is 0.364. The molecular weight excluding hydrogens is 257 g/mol. The summed E-state index contributed by atoms with van der Waals surface area (Å²) in [5, 5.41) is 3.53. The van der Waals surface area contributed by atoms with Crippen molar-refractivity contribution in [3.63, 3.8) is 0 Å². The SMILES string of the molecule is CCNC(Cc1ccccc1F)CC1CCSCC1. The highest BCUT2D eigenvalue weighted by atomic mass is 32.2. The second-order valence-corrected chi connectivity index (χ2v) is 6.57. The molecule has 1 nitrogen and oxygen atoms in total. The largest absolute Gasteiger partial charge is 0.314 e. The van der Waals surface area contributed by atoms with Crippen molar-refractivity contribution in [3.05, 3.63) is 35.6 Å². The number of rotatable bonds is 6. The van der Waals surface area contributed by atoms with Crippen LogP contribution in [0.2, 0.25) is 0 Å². The van der Waals surface area contributed by atoms with E-state index in [0.717, 1.165) is 24.4 Å². The Morgan fingerprint density at radius 3 is 2.74 bits per heavy atom. The molecule has 1 fully saturated rings. The van der Waals surface area contributed by atoms with Crippen LogP contribution in [-0.4, -0.2) is 24.1 Å². The molecule has 1 N–H and O–H groups in total. The summed E-state index contributed by atoms with van der Waals surface area (Å²) in [6.45, 7) is 3.09. The van der Waals surface area contributed by atoms with Gasteiger partial charge in [-0.15, -0.1) is 0 Å². The zero-order chi connectivity index (χ0) is 13.5. The van der Waals surface area contributed by atoms with E-state index in [1.54, 1.807) is 12.1 Å². The average molecular weight is 281 g/mol. The zero-order valence-electron chi connectivity index (χ0n) is 11.7. The molecule has 1 unspecified atom stereocenters. The Labute approximate surface area is 120 Å². The predicted molar refractivity (Wildman–Crippen MR) is 82.2 cm³/mol. The van der Waals surface area contributed by atoms with E-state index in [-0.39, 0.29) is 5.82 Å². The molecule has 0 amide bonds. The summed E-state index contributed by atoms with van der Waals surface area (Å²) < 4.78 is 13.7. The number of thioether (sulfide) groups is 1. The van der Waals surface area contributed by atoms with Crippen molar-refractivity contribution in [1.82, 2.24) is 5.32 Å². The number of halogens is 1. The second-order valence-electron chi connectivity index (χ2n) is 5.34. The van der Waals surface area contributed by atoms with Crippen molar-refractivity contribution in [2.24, 2.45) is 5.92 Å². The summed E-state index contributed by atoms with van der Waals surface area (Å²) in [6, 6.07) is 7.58.